The summed E-state index contributed by atoms with van der Waals surface area (Å²) >= 11 is 13.8. The van der Waals surface area contributed by atoms with Gasteiger partial charge in [-0.15, -0.1) is 22.7 Å². The SMILES string of the molecule is Clc1cc(NCc2cccs2)c2sc(C3CCCCCC3)c(Br)c2n1. The molecule has 0 bridgehead atoms. The van der Waals surface area contributed by atoms with Gasteiger partial charge in [0, 0.05) is 22.4 Å². The second-order valence-corrected chi connectivity index (χ2v) is 9.84. The molecule has 2 nitrogen and oxygen atoms in total. The second-order valence-electron chi connectivity index (χ2n) is 6.57. The number of hydrogen-bond donors (Lipinski definition) is 1. The van der Waals surface area contributed by atoms with Crippen LogP contribution in [0.2, 0.25) is 5.15 Å². The lowest BCUT2D eigenvalue weighted by atomic mass is 9.98. The number of fused-ring (bicyclic) bond motifs is 1. The molecule has 0 unspecified atom stereocenters. The van der Waals surface area contributed by atoms with Gasteiger partial charge in [0.1, 0.15) is 5.15 Å². The maximum absolute atomic E-state index is 6.31. The summed E-state index contributed by atoms with van der Waals surface area (Å²) in [5, 5.41) is 6.22. The molecule has 1 fully saturated rings. The fourth-order valence-corrected chi connectivity index (χ4v) is 6.67. The van der Waals surface area contributed by atoms with E-state index in [1.54, 1.807) is 11.3 Å². The van der Waals surface area contributed by atoms with Crippen LogP contribution >= 0.6 is 50.2 Å². The van der Waals surface area contributed by atoms with Crippen LogP contribution in [-0.4, -0.2) is 4.98 Å². The summed E-state index contributed by atoms with van der Waals surface area (Å²) in [6.45, 7) is 0.821. The van der Waals surface area contributed by atoms with Crippen molar-refractivity contribution in [3.8, 4) is 0 Å². The van der Waals surface area contributed by atoms with Crippen LogP contribution in [0, 0.1) is 0 Å². The summed E-state index contributed by atoms with van der Waals surface area (Å²) in [6, 6.07) is 6.19. The number of pyridine rings is 1. The Hall–Kier alpha value is -0.620. The third kappa shape index (κ3) is 3.90. The minimum absolute atomic E-state index is 0.548. The number of rotatable bonds is 4. The molecular formula is C19H20BrClN2S2. The average molecular weight is 456 g/mol. The van der Waals surface area contributed by atoms with E-state index >= 15 is 0 Å². The topological polar surface area (TPSA) is 24.9 Å². The zero-order valence-corrected chi connectivity index (χ0v) is 17.8. The Morgan fingerprint density at radius 2 is 2.04 bits per heavy atom. The van der Waals surface area contributed by atoms with Crippen molar-refractivity contribution in [1.82, 2.24) is 4.98 Å². The molecule has 3 aromatic heterocycles. The minimum Gasteiger partial charge on any atom is -0.379 e. The maximum atomic E-state index is 6.31. The molecule has 0 aromatic carbocycles. The zero-order chi connectivity index (χ0) is 17.2. The van der Waals surface area contributed by atoms with E-state index in [2.05, 4.69) is 43.7 Å². The van der Waals surface area contributed by atoms with E-state index in [9.17, 15) is 0 Å². The van der Waals surface area contributed by atoms with Crippen molar-refractivity contribution in [1.29, 1.82) is 0 Å². The molecular weight excluding hydrogens is 436 g/mol. The molecule has 6 heteroatoms. The molecule has 0 saturated heterocycles. The van der Waals surface area contributed by atoms with Crippen molar-refractivity contribution < 1.29 is 0 Å². The third-order valence-electron chi connectivity index (χ3n) is 4.84. The Morgan fingerprint density at radius 3 is 2.76 bits per heavy atom. The maximum Gasteiger partial charge on any atom is 0.131 e. The van der Waals surface area contributed by atoms with Crippen LogP contribution in [0.1, 0.15) is 54.2 Å². The molecule has 0 aliphatic heterocycles. The van der Waals surface area contributed by atoms with Gasteiger partial charge in [-0.2, -0.15) is 0 Å². The first-order valence-corrected chi connectivity index (χ1v) is 11.6. The van der Waals surface area contributed by atoms with Crippen LogP contribution in [-0.2, 0) is 6.54 Å². The van der Waals surface area contributed by atoms with Crippen LogP contribution in [0.5, 0.6) is 0 Å². The normalized spacial score (nSPS) is 16.2. The van der Waals surface area contributed by atoms with Crippen molar-refractivity contribution in [3.63, 3.8) is 0 Å². The standard InChI is InChI=1S/C19H20BrClN2S2/c20-16-17-19(25-18(16)12-6-3-1-2-4-7-12)14(10-15(21)23-17)22-11-13-8-5-9-24-13/h5,8-10,12H,1-4,6-7,11H2,(H,22,23). The smallest absolute Gasteiger partial charge is 0.131 e. The number of nitrogens with zero attached hydrogens (tertiary/aromatic N) is 1. The number of aromatic nitrogens is 1. The van der Waals surface area contributed by atoms with Crippen LogP contribution in [0.15, 0.2) is 28.1 Å². The lowest BCUT2D eigenvalue weighted by molar-refractivity contribution is 0.600. The summed E-state index contributed by atoms with van der Waals surface area (Å²) in [5.41, 5.74) is 2.10. The Kier molecular flexibility index (Phi) is 5.65. The van der Waals surface area contributed by atoms with Gasteiger partial charge in [0.2, 0.25) is 0 Å². The third-order valence-corrected chi connectivity index (χ3v) is 8.35. The lowest BCUT2D eigenvalue weighted by Gasteiger charge is -2.12. The van der Waals surface area contributed by atoms with E-state index in [-0.39, 0.29) is 0 Å². The molecule has 0 radical (unpaired) electrons. The summed E-state index contributed by atoms with van der Waals surface area (Å²) in [6.07, 6.45) is 7.99. The molecule has 25 heavy (non-hydrogen) atoms. The molecule has 0 spiro atoms. The highest BCUT2D eigenvalue weighted by atomic mass is 79.9. The van der Waals surface area contributed by atoms with Gasteiger partial charge in [-0.3, -0.25) is 0 Å². The Balaban J connectivity index is 1.69. The van der Waals surface area contributed by atoms with Crippen LogP contribution in [0.3, 0.4) is 0 Å². The number of nitrogens with one attached hydrogen (secondary N) is 1. The molecule has 1 aliphatic carbocycles. The molecule has 1 N–H and O–H groups in total. The molecule has 132 valence electrons. The van der Waals surface area contributed by atoms with Crippen molar-refractivity contribution >= 4 is 66.1 Å². The van der Waals surface area contributed by atoms with E-state index in [0.29, 0.717) is 11.1 Å². The van der Waals surface area contributed by atoms with Gasteiger partial charge in [0.25, 0.3) is 0 Å². The van der Waals surface area contributed by atoms with Gasteiger partial charge in [-0.05, 0) is 46.1 Å². The summed E-state index contributed by atoms with van der Waals surface area (Å²) in [5.74, 6) is 0.653. The number of thiophene rings is 2. The van der Waals surface area contributed by atoms with Gasteiger partial charge in [-0.1, -0.05) is 43.4 Å². The zero-order valence-electron chi connectivity index (χ0n) is 13.9. The fourth-order valence-electron chi connectivity index (χ4n) is 3.56. The van der Waals surface area contributed by atoms with E-state index in [1.165, 1.54) is 53.0 Å². The molecule has 3 aromatic rings. The van der Waals surface area contributed by atoms with Crippen molar-refractivity contribution in [2.75, 3.05) is 5.32 Å². The van der Waals surface area contributed by atoms with Crippen molar-refractivity contribution in [2.24, 2.45) is 0 Å². The van der Waals surface area contributed by atoms with E-state index in [1.807, 2.05) is 17.4 Å². The Morgan fingerprint density at radius 1 is 1.24 bits per heavy atom. The first kappa shape index (κ1) is 17.8. The fraction of sp³-hybridized carbons (Fsp3) is 0.421. The van der Waals surface area contributed by atoms with Gasteiger partial charge in [0.15, 0.2) is 0 Å². The first-order chi connectivity index (χ1) is 12.2. The highest BCUT2D eigenvalue weighted by Crippen LogP contribution is 2.46. The van der Waals surface area contributed by atoms with Gasteiger partial charge >= 0.3 is 0 Å². The average Bonchev–Trinajstić information content (AvgIpc) is 3.14. The quantitative estimate of drug-likeness (QED) is 0.320. The highest BCUT2D eigenvalue weighted by Gasteiger charge is 2.23. The molecule has 1 aliphatic rings. The van der Waals surface area contributed by atoms with Gasteiger partial charge in [-0.25, -0.2) is 4.98 Å². The van der Waals surface area contributed by atoms with E-state index < -0.39 is 0 Å². The predicted octanol–water partition coefficient (Wildman–Crippen LogP) is 7.82. The van der Waals surface area contributed by atoms with Gasteiger partial charge < -0.3 is 5.32 Å². The minimum atomic E-state index is 0.548. The molecule has 4 rings (SSSR count). The second kappa shape index (κ2) is 7.95. The number of hydrogen-bond acceptors (Lipinski definition) is 4. The molecule has 0 atom stereocenters. The molecule has 3 heterocycles. The molecule has 1 saturated carbocycles. The van der Waals surface area contributed by atoms with Crippen molar-refractivity contribution in [2.45, 2.75) is 51.0 Å². The summed E-state index contributed by atoms with van der Waals surface area (Å²) in [7, 11) is 0. The lowest BCUT2D eigenvalue weighted by Crippen LogP contribution is -1.98. The summed E-state index contributed by atoms with van der Waals surface area (Å²) < 4.78 is 2.37. The van der Waals surface area contributed by atoms with Crippen LogP contribution in [0.25, 0.3) is 10.2 Å². The Bertz CT molecular complexity index is 852. The monoisotopic (exact) mass is 454 g/mol. The Labute approximate surface area is 169 Å². The van der Waals surface area contributed by atoms with E-state index in [4.69, 9.17) is 11.6 Å². The summed E-state index contributed by atoms with van der Waals surface area (Å²) in [4.78, 5) is 7.38. The van der Waals surface area contributed by atoms with Crippen LogP contribution in [0.4, 0.5) is 5.69 Å². The van der Waals surface area contributed by atoms with Gasteiger partial charge in [0.05, 0.1) is 20.4 Å². The first-order valence-electron chi connectivity index (χ1n) is 8.77. The number of halogens is 2. The number of anilines is 1. The predicted molar refractivity (Wildman–Crippen MR) is 114 cm³/mol. The molecule has 0 amide bonds. The van der Waals surface area contributed by atoms with Crippen molar-refractivity contribution in [3.05, 3.63) is 43.0 Å². The highest BCUT2D eigenvalue weighted by molar-refractivity contribution is 9.10. The van der Waals surface area contributed by atoms with E-state index in [0.717, 1.165) is 22.2 Å². The van der Waals surface area contributed by atoms with Crippen LogP contribution < -0.4 is 5.32 Å². The largest absolute Gasteiger partial charge is 0.379 e.